The molecule has 1 unspecified atom stereocenters. The molecule has 86 valence electrons. The molecule has 0 radical (unpaired) electrons. The van der Waals surface area contributed by atoms with Gasteiger partial charge in [0.1, 0.15) is 0 Å². The van der Waals surface area contributed by atoms with Crippen LogP contribution in [0.15, 0.2) is 70.2 Å². The van der Waals surface area contributed by atoms with Crippen LogP contribution in [0.4, 0.5) is 0 Å². The number of fused-ring (bicyclic) bond motifs is 1. The maximum absolute atomic E-state index is 2.39. The van der Waals surface area contributed by atoms with Crippen molar-refractivity contribution in [2.45, 2.75) is 19.1 Å². The molecule has 0 aromatic carbocycles. The topological polar surface area (TPSA) is 0 Å². The molecular weight excluding hydrogens is 224 g/mol. The Kier molecular flexibility index (Phi) is 2.71. The molecule has 17 heavy (non-hydrogen) atoms. The third kappa shape index (κ3) is 1.89. The lowest BCUT2D eigenvalue weighted by Crippen LogP contribution is -2.07. The fourth-order valence-electron chi connectivity index (χ4n) is 2.53. The minimum Gasteiger partial charge on any atom is -0.113 e. The largest absolute Gasteiger partial charge is 0.113 e. The van der Waals surface area contributed by atoms with Crippen molar-refractivity contribution in [1.29, 1.82) is 0 Å². The average Bonchev–Trinajstić information content (AvgIpc) is 2.90. The summed E-state index contributed by atoms with van der Waals surface area (Å²) in [6.07, 6.45) is 18.0. The monoisotopic (exact) mass is 240 g/mol. The van der Waals surface area contributed by atoms with Gasteiger partial charge >= 0.3 is 0 Å². The van der Waals surface area contributed by atoms with Crippen molar-refractivity contribution in [2.75, 3.05) is 0 Å². The number of allylic oxidation sites excluding steroid dienone is 9. The van der Waals surface area contributed by atoms with E-state index >= 15 is 0 Å². The van der Waals surface area contributed by atoms with Crippen molar-refractivity contribution in [3.05, 3.63) is 70.2 Å². The predicted octanol–water partition coefficient (Wildman–Crippen LogP) is 4.56. The van der Waals surface area contributed by atoms with Crippen molar-refractivity contribution in [3.63, 3.8) is 0 Å². The summed E-state index contributed by atoms with van der Waals surface area (Å²) in [5.41, 5.74) is 4.41. The van der Waals surface area contributed by atoms with E-state index in [-0.39, 0.29) is 0 Å². The number of rotatable bonds is 2. The average molecular weight is 240 g/mol. The number of thioether (sulfide) groups is 1. The molecule has 0 aromatic rings. The zero-order valence-electron chi connectivity index (χ0n) is 10.2. The minimum atomic E-state index is 0.492. The molecule has 1 heterocycles. The summed E-state index contributed by atoms with van der Waals surface area (Å²) in [5.74, 6) is 0.492. The maximum Gasteiger partial charge on any atom is 0.0505 e. The van der Waals surface area contributed by atoms with Crippen LogP contribution in [0.1, 0.15) is 13.8 Å². The van der Waals surface area contributed by atoms with Gasteiger partial charge in [-0.1, -0.05) is 48.1 Å². The van der Waals surface area contributed by atoms with Crippen LogP contribution in [-0.4, -0.2) is 5.25 Å². The Bertz CT molecular complexity index is 508. The van der Waals surface area contributed by atoms with E-state index < -0.39 is 0 Å². The molecule has 0 amide bonds. The van der Waals surface area contributed by atoms with Gasteiger partial charge in [-0.15, -0.1) is 11.8 Å². The summed E-state index contributed by atoms with van der Waals surface area (Å²) in [6, 6.07) is 0. The van der Waals surface area contributed by atoms with Crippen LogP contribution in [0.3, 0.4) is 0 Å². The van der Waals surface area contributed by atoms with Crippen LogP contribution in [0, 0.1) is 5.92 Å². The van der Waals surface area contributed by atoms with Gasteiger partial charge < -0.3 is 0 Å². The molecule has 0 nitrogen and oxygen atoms in total. The normalized spacial score (nSPS) is 25.8. The molecule has 0 bridgehead atoms. The lowest BCUT2D eigenvalue weighted by molar-refractivity contribution is 0.938. The highest BCUT2D eigenvalue weighted by atomic mass is 32.2. The second-order valence-corrected chi connectivity index (χ2v) is 6.02. The lowest BCUT2D eigenvalue weighted by Gasteiger charge is -2.15. The molecule has 0 aromatic heterocycles. The van der Waals surface area contributed by atoms with E-state index in [1.807, 2.05) is 11.8 Å². The molecule has 0 fully saturated rings. The Labute approximate surface area is 107 Å². The number of hydrogen-bond donors (Lipinski definition) is 0. The molecule has 2 aliphatic carbocycles. The van der Waals surface area contributed by atoms with Gasteiger partial charge in [0.2, 0.25) is 0 Å². The van der Waals surface area contributed by atoms with Gasteiger partial charge in [-0.3, -0.25) is 0 Å². The zero-order valence-corrected chi connectivity index (χ0v) is 11.0. The minimum absolute atomic E-state index is 0.492. The highest BCUT2D eigenvalue weighted by Crippen LogP contribution is 2.49. The maximum atomic E-state index is 2.39. The van der Waals surface area contributed by atoms with E-state index in [0.717, 1.165) is 0 Å². The molecule has 3 aliphatic rings. The van der Waals surface area contributed by atoms with Gasteiger partial charge in [-0.05, 0) is 31.1 Å². The van der Waals surface area contributed by atoms with Gasteiger partial charge in [0, 0.05) is 10.8 Å². The van der Waals surface area contributed by atoms with Gasteiger partial charge in [-0.2, -0.15) is 0 Å². The summed E-state index contributed by atoms with van der Waals surface area (Å²) in [5, 5.41) is 0.517. The van der Waals surface area contributed by atoms with Crippen LogP contribution in [-0.2, 0) is 0 Å². The van der Waals surface area contributed by atoms with Crippen LogP contribution in [0.2, 0.25) is 0 Å². The van der Waals surface area contributed by atoms with Gasteiger partial charge in [-0.25, -0.2) is 0 Å². The second kappa shape index (κ2) is 4.23. The zero-order chi connectivity index (χ0) is 11.8. The Morgan fingerprint density at radius 1 is 1.18 bits per heavy atom. The first-order valence-electron chi connectivity index (χ1n) is 6.05. The highest BCUT2D eigenvalue weighted by molar-refractivity contribution is 8.04. The first kappa shape index (κ1) is 10.9. The van der Waals surface area contributed by atoms with Crippen molar-refractivity contribution in [2.24, 2.45) is 5.92 Å². The highest BCUT2D eigenvalue weighted by Gasteiger charge is 2.32. The fourth-order valence-corrected chi connectivity index (χ4v) is 4.03. The molecule has 0 N–H and O–H groups in total. The predicted molar refractivity (Wildman–Crippen MR) is 76.8 cm³/mol. The summed E-state index contributed by atoms with van der Waals surface area (Å²) in [7, 11) is 0. The third-order valence-electron chi connectivity index (χ3n) is 3.24. The Balaban J connectivity index is 2.04. The third-order valence-corrected chi connectivity index (χ3v) is 4.49. The Morgan fingerprint density at radius 2 is 1.94 bits per heavy atom. The van der Waals surface area contributed by atoms with E-state index in [1.54, 1.807) is 5.57 Å². The Hall–Kier alpha value is -1.21. The molecule has 1 heteroatoms. The van der Waals surface area contributed by atoms with E-state index in [1.165, 1.54) is 16.1 Å². The van der Waals surface area contributed by atoms with Crippen LogP contribution < -0.4 is 0 Å². The van der Waals surface area contributed by atoms with Crippen molar-refractivity contribution in [1.82, 2.24) is 0 Å². The molecule has 1 aliphatic heterocycles. The number of hydrogen-bond acceptors (Lipinski definition) is 1. The van der Waals surface area contributed by atoms with Crippen LogP contribution >= 0.6 is 11.8 Å². The molecule has 0 spiro atoms. The smallest absolute Gasteiger partial charge is 0.0505 e. The molecule has 0 saturated carbocycles. The van der Waals surface area contributed by atoms with Crippen molar-refractivity contribution < 1.29 is 0 Å². The molecular formula is C16H16S. The molecule has 1 atom stereocenters. The quantitative estimate of drug-likeness (QED) is 0.638. The Morgan fingerprint density at radius 3 is 2.65 bits per heavy atom. The molecule has 0 saturated heterocycles. The first-order chi connectivity index (χ1) is 8.25. The van der Waals surface area contributed by atoms with Gasteiger partial charge in [0.05, 0.1) is 5.25 Å². The summed E-state index contributed by atoms with van der Waals surface area (Å²) >= 11 is 1.98. The van der Waals surface area contributed by atoms with Crippen molar-refractivity contribution in [3.8, 4) is 0 Å². The van der Waals surface area contributed by atoms with E-state index in [0.29, 0.717) is 11.2 Å². The van der Waals surface area contributed by atoms with Crippen LogP contribution in [0.25, 0.3) is 0 Å². The van der Waals surface area contributed by atoms with Crippen molar-refractivity contribution >= 4 is 11.8 Å². The summed E-state index contributed by atoms with van der Waals surface area (Å²) < 4.78 is 0. The standard InChI is InChI=1S/C16H16S/c1-11(2)10-15-16(12-6-3-4-7-12)13-8-5-9-14(13)17-15/h3-10,12,15H,1-2H3. The van der Waals surface area contributed by atoms with E-state index in [2.05, 4.69) is 62.5 Å². The van der Waals surface area contributed by atoms with Crippen LogP contribution in [0.5, 0.6) is 0 Å². The van der Waals surface area contributed by atoms with Gasteiger partial charge in [0.15, 0.2) is 0 Å². The van der Waals surface area contributed by atoms with E-state index in [4.69, 9.17) is 0 Å². The summed E-state index contributed by atoms with van der Waals surface area (Å²) in [6.45, 7) is 4.36. The summed E-state index contributed by atoms with van der Waals surface area (Å²) in [4.78, 5) is 1.44. The second-order valence-electron chi connectivity index (χ2n) is 4.84. The van der Waals surface area contributed by atoms with E-state index in [9.17, 15) is 0 Å². The fraction of sp³-hybridized carbons (Fsp3) is 0.250. The van der Waals surface area contributed by atoms with Gasteiger partial charge in [0.25, 0.3) is 0 Å². The lowest BCUT2D eigenvalue weighted by atomic mass is 9.92. The molecule has 3 rings (SSSR count). The first-order valence-corrected chi connectivity index (χ1v) is 6.93. The SMILES string of the molecule is CC(C)=CC1SC2=CC=CC2=C1C1C=CC=C1.